The minimum atomic E-state index is -3.48. The molecule has 0 radical (unpaired) electrons. The van der Waals surface area contributed by atoms with Crippen LogP contribution >= 0.6 is 0 Å². The molecule has 6 heteroatoms. The monoisotopic (exact) mass is 307 g/mol. The molecule has 1 aromatic carbocycles. The number of nitrogens with zero attached hydrogens (tertiary/aromatic N) is 1. The van der Waals surface area contributed by atoms with Crippen LogP contribution in [0.1, 0.15) is 24.8 Å². The van der Waals surface area contributed by atoms with E-state index in [2.05, 4.69) is 0 Å². The fourth-order valence-electron chi connectivity index (χ4n) is 3.26. The van der Waals surface area contributed by atoms with Gasteiger partial charge >= 0.3 is 5.97 Å². The second-order valence-corrected chi connectivity index (χ2v) is 7.54. The fraction of sp³-hybridized carbons (Fsp3) is 0.400. The molecule has 2 fully saturated rings. The van der Waals surface area contributed by atoms with Crippen molar-refractivity contribution in [1.82, 2.24) is 4.31 Å². The summed E-state index contributed by atoms with van der Waals surface area (Å²) in [5.41, 5.74) is 0.572. The molecule has 3 rings (SSSR count). The Labute approximate surface area is 123 Å². The number of fused-ring (bicyclic) bond motifs is 2. The fourth-order valence-corrected chi connectivity index (χ4v) is 5.05. The second-order valence-electron chi connectivity index (χ2n) is 5.65. The third-order valence-corrected chi connectivity index (χ3v) is 6.16. The van der Waals surface area contributed by atoms with Gasteiger partial charge in [0, 0.05) is 18.7 Å². The lowest BCUT2D eigenvalue weighted by atomic mass is 10.1. The third kappa shape index (κ3) is 2.73. The normalized spacial score (nSPS) is 25.7. The lowest BCUT2D eigenvalue weighted by molar-refractivity contribution is -0.131. The molecule has 0 spiro atoms. The van der Waals surface area contributed by atoms with Crippen molar-refractivity contribution < 1.29 is 18.3 Å². The molecule has 112 valence electrons. The van der Waals surface area contributed by atoms with Crippen molar-refractivity contribution in [3.8, 4) is 0 Å². The van der Waals surface area contributed by atoms with Gasteiger partial charge in [0.1, 0.15) is 0 Å². The van der Waals surface area contributed by atoms with E-state index >= 15 is 0 Å². The predicted molar refractivity (Wildman–Crippen MR) is 78.1 cm³/mol. The van der Waals surface area contributed by atoms with Crippen LogP contribution < -0.4 is 0 Å². The molecular weight excluding hydrogens is 290 g/mol. The van der Waals surface area contributed by atoms with Crippen molar-refractivity contribution in [2.24, 2.45) is 5.92 Å². The molecule has 1 aromatic rings. The quantitative estimate of drug-likeness (QED) is 0.863. The van der Waals surface area contributed by atoms with Gasteiger partial charge in [-0.1, -0.05) is 12.1 Å². The summed E-state index contributed by atoms with van der Waals surface area (Å²) in [5, 5.41) is 8.63. The van der Waals surface area contributed by atoms with Gasteiger partial charge in [-0.3, -0.25) is 0 Å². The van der Waals surface area contributed by atoms with E-state index < -0.39 is 16.0 Å². The smallest absolute Gasteiger partial charge is 0.328 e. The van der Waals surface area contributed by atoms with Gasteiger partial charge < -0.3 is 5.11 Å². The molecule has 0 amide bonds. The van der Waals surface area contributed by atoms with Crippen molar-refractivity contribution in [2.75, 3.05) is 6.54 Å². The summed E-state index contributed by atoms with van der Waals surface area (Å²) < 4.78 is 27.0. The van der Waals surface area contributed by atoms with Crippen LogP contribution in [0.25, 0.3) is 6.08 Å². The first-order chi connectivity index (χ1) is 9.96. The van der Waals surface area contributed by atoms with Crippen LogP contribution in [-0.4, -0.2) is 36.4 Å². The first-order valence-electron chi connectivity index (χ1n) is 7.00. The van der Waals surface area contributed by atoms with Gasteiger partial charge in [-0.25, -0.2) is 13.2 Å². The number of carbonyl (C=O) groups is 1. The van der Waals surface area contributed by atoms with Crippen molar-refractivity contribution in [3.63, 3.8) is 0 Å². The average Bonchev–Trinajstić information content (AvgIpc) is 3.08. The average molecular weight is 307 g/mol. The zero-order chi connectivity index (χ0) is 15.0. The van der Waals surface area contributed by atoms with Crippen LogP contribution in [0.4, 0.5) is 0 Å². The summed E-state index contributed by atoms with van der Waals surface area (Å²) in [5.74, 6) is -0.556. The first kappa shape index (κ1) is 14.3. The van der Waals surface area contributed by atoms with E-state index in [0.717, 1.165) is 25.3 Å². The zero-order valence-electron chi connectivity index (χ0n) is 11.5. The molecule has 2 bridgehead atoms. The third-order valence-electron chi connectivity index (χ3n) is 4.24. The lowest BCUT2D eigenvalue weighted by Gasteiger charge is -2.26. The Kier molecular flexibility index (Phi) is 3.59. The topological polar surface area (TPSA) is 74.7 Å². The number of hydrogen-bond donors (Lipinski definition) is 1. The zero-order valence-corrected chi connectivity index (χ0v) is 12.3. The number of hydrogen-bond acceptors (Lipinski definition) is 3. The van der Waals surface area contributed by atoms with Crippen molar-refractivity contribution >= 4 is 22.1 Å². The number of piperidine rings is 1. The van der Waals surface area contributed by atoms with E-state index in [1.807, 2.05) is 0 Å². The Bertz CT molecular complexity index is 695. The number of carboxylic acid groups (broad SMARTS) is 1. The summed E-state index contributed by atoms with van der Waals surface area (Å²) in [6.45, 7) is 0.613. The summed E-state index contributed by atoms with van der Waals surface area (Å²) in [6.07, 6.45) is 5.44. The molecule has 5 nitrogen and oxygen atoms in total. The van der Waals surface area contributed by atoms with Gasteiger partial charge in [0.15, 0.2) is 0 Å². The van der Waals surface area contributed by atoms with E-state index in [1.165, 1.54) is 12.1 Å². The molecule has 1 N–H and O–H groups in total. The number of rotatable bonds is 4. The minimum Gasteiger partial charge on any atom is -0.478 e. The van der Waals surface area contributed by atoms with Crippen molar-refractivity contribution in [3.05, 3.63) is 35.9 Å². The van der Waals surface area contributed by atoms with E-state index in [-0.39, 0.29) is 10.9 Å². The van der Waals surface area contributed by atoms with Gasteiger partial charge in [0.05, 0.1) is 4.90 Å². The maximum absolute atomic E-state index is 12.7. The van der Waals surface area contributed by atoms with E-state index in [9.17, 15) is 13.2 Å². The SMILES string of the molecule is O=C(O)C=Cc1cccc(S(=O)(=O)N2CC3CCC2C3)c1. The maximum atomic E-state index is 12.7. The Hall–Kier alpha value is -1.66. The summed E-state index contributed by atoms with van der Waals surface area (Å²) >= 11 is 0. The highest BCUT2D eigenvalue weighted by Crippen LogP contribution is 2.40. The molecule has 0 aromatic heterocycles. The summed E-state index contributed by atoms with van der Waals surface area (Å²) in [7, 11) is -3.48. The largest absolute Gasteiger partial charge is 0.478 e. The van der Waals surface area contributed by atoms with Gasteiger partial charge in [-0.05, 0) is 49.0 Å². The van der Waals surface area contributed by atoms with Crippen molar-refractivity contribution in [1.29, 1.82) is 0 Å². The second kappa shape index (κ2) is 5.27. The van der Waals surface area contributed by atoms with Crippen LogP contribution in [0.3, 0.4) is 0 Å². The highest BCUT2D eigenvalue weighted by Gasteiger charge is 2.44. The molecule has 21 heavy (non-hydrogen) atoms. The van der Waals surface area contributed by atoms with Crippen LogP contribution in [0.2, 0.25) is 0 Å². The molecule has 1 aliphatic heterocycles. The molecule has 2 unspecified atom stereocenters. The molecule has 1 heterocycles. The Morgan fingerprint density at radius 1 is 1.33 bits per heavy atom. The Morgan fingerprint density at radius 2 is 2.14 bits per heavy atom. The van der Waals surface area contributed by atoms with E-state index in [4.69, 9.17) is 5.11 Å². The summed E-state index contributed by atoms with van der Waals surface area (Å²) in [6, 6.07) is 6.57. The van der Waals surface area contributed by atoms with Crippen LogP contribution in [0.5, 0.6) is 0 Å². The number of aliphatic carboxylic acids is 1. The molecule has 2 aliphatic rings. The molecule has 1 saturated carbocycles. The highest BCUT2D eigenvalue weighted by molar-refractivity contribution is 7.89. The van der Waals surface area contributed by atoms with Crippen LogP contribution in [0, 0.1) is 5.92 Å². The molecular formula is C15H17NO4S. The number of sulfonamides is 1. The number of benzene rings is 1. The van der Waals surface area contributed by atoms with Gasteiger partial charge in [-0.15, -0.1) is 0 Å². The standard InChI is InChI=1S/C15H17NO4S/c17-15(18)7-5-11-2-1-3-14(9-11)21(19,20)16-10-12-4-6-13(16)8-12/h1-3,5,7,9,12-13H,4,6,8,10H2,(H,17,18). The van der Waals surface area contributed by atoms with E-state index in [1.54, 1.807) is 22.5 Å². The highest BCUT2D eigenvalue weighted by atomic mass is 32.2. The molecule has 2 atom stereocenters. The molecule has 1 saturated heterocycles. The molecule has 1 aliphatic carbocycles. The van der Waals surface area contributed by atoms with Gasteiger partial charge in [-0.2, -0.15) is 4.31 Å². The Morgan fingerprint density at radius 3 is 2.76 bits per heavy atom. The maximum Gasteiger partial charge on any atom is 0.328 e. The van der Waals surface area contributed by atoms with Crippen LogP contribution in [0.15, 0.2) is 35.2 Å². The number of carboxylic acids is 1. The van der Waals surface area contributed by atoms with Crippen LogP contribution in [-0.2, 0) is 14.8 Å². The first-order valence-corrected chi connectivity index (χ1v) is 8.44. The minimum absolute atomic E-state index is 0.137. The predicted octanol–water partition coefficient (Wildman–Crippen LogP) is 1.96. The Balaban J connectivity index is 1.89. The summed E-state index contributed by atoms with van der Waals surface area (Å²) in [4.78, 5) is 10.8. The van der Waals surface area contributed by atoms with Gasteiger partial charge in [0.2, 0.25) is 10.0 Å². The van der Waals surface area contributed by atoms with Gasteiger partial charge in [0.25, 0.3) is 0 Å². The van der Waals surface area contributed by atoms with E-state index in [0.29, 0.717) is 18.0 Å². The lowest BCUT2D eigenvalue weighted by Crippen LogP contribution is -2.37. The van der Waals surface area contributed by atoms with Crippen molar-refractivity contribution in [2.45, 2.75) is 30.2 Å².